The zero-order valence-electron chi connectivity index (χ0n) is 22.0. The van der Waals surface area contributed by atoms with Crippen molar-refractivity contribution in [3.8, 4) is 0 Å². The SMILES string of the molecule is Cc1ncc(Cl)cc1C(=O)NC1CCC(Cn2c(=O)n(C3=Cc4[nH]ccc4CCC=C3)c3ccccc32)CC1. The number of aryl methyl sites for hydroxylation is 2. The molecule has 1 fully saturated rings. The number of H-pyrrole nitrogens is 1. The first-order valence-corrected chi connectivity index (χ1v) is 14.0. The second-order valence-corrected chi connectivity index (χ2v) is 11.1. The number of halogens is 1. The minimum atomic E-state index is -0.129. The average molecular weight is 542 g/mol. The Morgan fingerprint density at radius 1 is 1.15 bits per heavy atom. The number of aromatic amines is 1. The summed E-state index contributed by atoms with van der Waals surface area (Å²) in [6.07, 6.45) is 15.4. The van der Waals surface area contributed by atoms with E-state index in [4.69, 9.17) is 11.6 Å². The first-order valence-electron chi connectivity index (χ1n) is 13.7. The van der Waals surface area contributed by atoms with Crippen molar-refractivity contribution in [3.05, 3.63) is 99.0 Å². The van der Waals surface area contributed by atoms with Crippen LogP contribution in [-0.4, -0.2) is 31.1 Å². The van der Waals surface area contributed by atoms with Gasteiger partial charge in [-0.25, -0.2) is 4.79 Å². The van der Waals surface area contributed by atoms with E-state index in [1.54, 1.807) is 12.3 Å². The third kappa shape index (κ3) is 5.11. The molecule has 7 nitrogen and oxygen atoms in total. The second kappa shape index (κ2) is 10.7. The third-order valence-electron chi connectivity index (χ3n) is 8.05. The van der Waals surface area contributed by atoms with Crippen LogP contribution in [0.1, 0.15) is 59.4 Å². The van der Waals surface area contributed by atoms with Crippen LogP contribution in [0.3, 0.4) is 0 Å². The Balaban J connectivity index is 1.21. The molecule has 8 heteroatoms. The fourth-order valence-corrected chi connectivity index (χ4v) is 6.09. The van der Waals surface area contributed by atoms with Crippen LogP contribution in [0.4, 0.5) is 0 Å². The highest BCUT2D eigenvalue weighted by Crippen LogP contribution is 2.29. The topological polar surface area (TPSA) is 84.7 Å². The molecule has 3 heterocycles. The van der Waals surface area contributed by atoms with E-state index < -0.39 is 0 Å². The Bertz CT molecular complexity index is 1650. The van der Waals surface area contributed by atoms with Gasteiger partial charge in [0.1, 0.15) is 0 Å². The second-order valence-electron chi connectivity index (χ2n) is 10.6. The van der Waals surface area contributed by atoms with E-state index in [9.17, 15) is 9.59 Å². The maximum atomic E-state index is 13.9. The normalized spacial score (nSPS) is 19.3. The molecule has 2 aliphatic carbocycles. The molecular weight excluding hydrogens is 510 g/mol. The number of benzene rings is 1. The van der Waals surface area contributed by atoms with Gasteiger partial charge in [0.15, 0.2) is 0 Å². The fraction of sp³-hybridized carbons (Fsp3) is 0.323. The summed E-state index contributed by atoms with van der Waals surface area (Å²) in [5, 5.41) is 3.62. The number of allylic oxidation sites excluding steroid dienone is 3. The molecular formula is C31H32ClN5O2. The smallest absolute Gasteiger partial charge is 0.333 e. The monoisotopic (exact) mass is 541 g/mol. The molecule has 1 aromatic carbocycles. The van der Waals surface area contributed by atoms with Crippen molar-refractivity contribution in [1.29, 1.82) is 0 Å². The standard InChI is InChI=1S/C31H32ClN5O2/c1-20-26(16-23(32)18-34-20)30(38)35-24-12-10-21(11-13-24)19-36-28-8-4-5-9-29(28)37(31(36)39)25-7-3-2-6-22-14-15-33-27(22)17-25/h3-5,7-9,14-18,21,24,33H,2,6,10-13,19H2,1H3,(H,35,38). The minimum Gasteiger partial charge on any atom is -0.361 e. The molecule has 0 spiro atoms. The lowest BCUT2D eigenvalue weighted by atomic mass is 9.85. The lowest BCUT2D eigenvalue weighted by Crippen LogP contribution is -2.39. The van der Waals surface area contributed by atoms with Crippen LogP contribution in [0.2, 0.25) is 5.02 Å². The number of hydrogen-bond donors (Lipinski definition) is 2. The van der Waals surface area contributed by atoms with Crippen LogP contribution in [0.25, 0.3) is 22.8 Å². The zero-order valence-corrected chi connectivity index (χ0v) is 22.7. The maximum absolute atomic E-state index is 13.9. The van der Waals surface area contributed by atoms with Crippen LogP contribution >= 0.6 is 11.6 Å². The van der Waals surface area contributed by atoms with Crippen molar-refractivity contribution in [2.24, 2.45) is 5.92 Å². The summed E-state index contributed by atoms with van der Waals surface area (Å²) in [5.41, 5.74) is 6.23. The number of fused-ring (bicyclic) bond motifs is 2. The molecule has 2 aliphatic rings. The largest absolute Gasteiger partial charge is 0.361 e. The summed E-state index contributed by atoms with van der Waals surface area (Å²) in [6.45, 7) is 2.48. The summed E-state index contributed by atoms with van der Waals surface area (Å²) >= 11 is 6.06. The summed E-state index contributed by atoms with van der Waals surface area (Å²) in [5.74, 6) is 0.234. The number of aromatic nitrogens is 4. The van der Waals surface area contributed by atoms with Gasteiger partial charge in [0.05, 0.1) is 33.0 Å². The zero-order chi connectivity index (χ0) is 26.9. The first kappa shape index (κ1) is 25.4. The van der Waals surface area contributed by atoms with Gasteiger partial charge in [-0.3, -0.25) is 18.9 Å². The van der Waals surface area contributed by atoms with Gasteiger partial charge < -0.3 is 10.3 Å². The van der Waals surface area contributed by atoms with Gasteiger partial charge in [-0.05, 0) is 93.3 Å². The van der Waals surface area contributed by atoms with E-state index in [0.29, 0.717) is 28.7 Å². The lowest BCUT2D eigenvalue weighted by Gasteiger charge is -2.29. The van der Waals surface area contributed by atoms with E-state index in [-0.39, 0.29) is 17.6 Å². The quantitative estimate of drug-likeness (QED) is 0.326. The van der Waals surface area contributed by atoms with Crippen LogP contribution < -0.4 is 11.0 Å². The Hall–Kier alpha value is -3.84. The summed E-state index contributed by atoms with van der Waals surface area (Å²) in [7, 11) is 0. The molecule has 4 aromatic rings. The number of carbonyl (C=O) groups excluding carboxylic acids is 1. The molecule has 0 unspecified atom stereocenters. The van der Waals surface area contributed by atoms with Crippen LogP contribution in [0, 0.1) is 12.8 Å². The number of amides is 1. The van der Waals surface area contributed by atoms with E-state index in [1.807, 2.05) is 46.5 Å². The van der Waals surface area contributed by atoms with Gasteiger partial charge in [-0.2, -0.15) is 0 Å². The molecule has 6 rings (SSSR count). The highest BCUT2D eigenvalue weighted by molar-refractivity contribution is 6.30. The van der Waals surface area contributed by atoms with Gasteiger partial charge in [0.2, 0.25) is 0 Å². The van der Waals surface area contributed by atoms with E-state index in [0.717, 1.165) is 60.9 Å². The Labute approximate surface area is 232 Å². The molecule has 1 saturated carbocycles. The number of rotatable bonds is 5. The van der Waals surface area contributed by atoms with E-state index in [2.05, 4.69) is 39.6 Å². The third-order valence-corrected chi connectivity index (χ3v) is 8.25. The number of pyridine rings is 1. The molecule has 39 heavy (non-hydrogen) atoms. The fourth-order valence-electron chi connectivity index (χ4n) is 5.93. The molecule has 3 aromatic heterocycles. The van der Waals surface area contributed by atoms with Crippen molar-refractivity contribution >= 4 is 40.3 Å². The van der Waals surface area contributed by atoms with Gasteiger partial charge in [-0.1, -0.05) is 29.8 Å². The van der Waals surface area contributed by atoms with Crippen molar-refractivity contribution in [1.82, 2.24) is 24.4 Å². The average Bonchev–Trinajstić information content (AvgIpc) is 3.47. The van der Waals surface area contributed by atoms with Gasteiger partial charge in [-0.15, -0.1) is 0 Å². The van der Waals surface area contributed by atoms with Crippen LogP contribution in [0.15, 0.2) is 65.7 Å². The van der Waals surface area contributed by atoms with Crippen molar-refractivity contribution in [3.63, 3.8) is 0 Å². The minimum absolute atomic E-state index is 0.0138. The van der Waals surface area contributed by atoms with Crippen LogP contribution in [0.5, 0.6) is 0 Å². The van der Waals surface area contributed by atoms with Gasteiger partial charge in [0, 0.05) is 30.7 Å². The molecule has 0 atom stereocenters. The molecule has 0 bridgehead atoms. The molecule has 0 aliphatic heterocycles. The Kier molecular flexibility index (Phi) is 7.00. The van der Waals surface area contributed by atoms with Crippen molar-refractivity contribution in [2.75, 3.05) is 0 Å². The first-order chi connectivity index (χ1) is 19.0. The Morgan fingerprint density at radius 2 is 1.95 bits per heavy atom. The predicted octanol–water partition coefficient (Wildman–Crippen LogP) is 5.98. The maximum Gasteiger partial charge on any atom is 0.333 e. The van der Waals surface area contributed by atoms with Crippen molar-refractivity contribution < 1.29 is 4.79 Å². The number of nitrogens with one attached hydrogen (secondary N) is 2. The summed E-state index contributed by atoms with van der Waals surface area (Å²) in [6, 6.07) is 11.9. The van der Waals surface area contributed by atoms with Crippen molar-refractivity contribution in [2.45, 2.75) is 58.0 Å². The molecule has 2 N–H and O–H groups in total. The predicted molar refractivity (Wildman–Crippen MR) is 156 cm³/mol. The van der Waals surface area contributed by atoms with Gasteiger partial charge in [0.25, 0.3) is 5.91 Å². The number of imidazole rings is 1. The number of hydrogen-bond acceptors (Lipinski definition) is 3. The van der Waals surface area contributed by atoms with E-state index >= 15 is 0 Å². The highest BCUT2D eigenvalue weighted by Gasteiger charge is 2.26. The molecule has 200 valence electrons. The van der Waals surface area contributed by atoms with E-state index in [1.165, 1.54) is 5.56 Å². The summed E-state index contributed by atoms with van der Waals surface area (Å²) < 4.78 is 3.78. The van der Waals surface area contributed by atoms with Gasteiger partial charge >= 0.3 is 5.69 Å². The summed E-state index contributed by atoms with van der Waals surface area (Å²) in [4.78, 5) is 34.3. The molecule has 0 saturated heterocycles. The number of para-hydroxylation sites is 2. The Morgan fingerprint density at radius 3 is 2.77 bits per heavy atom. The van der Waals surface area contributed by atoms with Crippen LogP contribution in [-0.2, 0) is 13.0 Å². The molecule has 1 amide bonds. The number of carbonyl (C=O) groups is 1. The lowest BCUT2D eigenvalue weighted by molar-refractivity contribution is 0.0919. The molecule has 0 radical (unpaired) electrons. The number of nitrogens with zero attached hydrogens (tertiary/aromatic N) is 3. The highest BCUT2D eigenvalue weighted by atomic mass is 35.5.